The number of thioether (sulfide) groups is 1. The molecule has 0 aliphatic rings. The van der Waals surface area contributed by atoms with Crippen LogP contribution in [-0.4, -0.2) is 26.0 Å². The molecule has 1 atom stereocenters. The van der Waals surface area contributed by atoms with Crippen LogP contribution in [0.1, 0.15) is 12.5 Å². The van der Waals surface area contributed by atoms with E-state index in [1.54, 1.807) is 25.1 Å². The van der Waals surface area contributed by atoms with Gasteiger partial charge >= 0.3 is 0 Å². The van der Waals surface area contributed by atoms with Crippen LogP contribution in [0.3, 0.4) is 0 Å². The summed E-state index contributed by atoms with van der Waals surface area (Å²) in [5.41, 5.74) is 2.04. The van der Waals surface area contributed by atoms with E-state index in [4.69, 9.17) is 5.84 Å². The molecule has 0 radical (unpaired) electrons. The van der Waals surface area contributed by atoms with Gasteiger partial charge in [0.05, 0.1) is 10.8 Å². The lowest BCUT2D eigenvalue weighted by molar-refractivity contribution is -0.115. The van der Waals surface area contributed by atoms with Crippen molar-refractivity contribution in [2.45, 2.75) is 24.3 Å². The van der Waals surface area contributed by atoms with Gasteiger partial charge in [-0.25, -0.2) is 9.07 Å². The summed E-state index contributed by atoms with van der Waals surface area (Å²) in [7, 11) is 0. The Bertz CT molecular complexity index is 943. The van der Waals surface area contributed by atoms with E-state index in [9.17, 15) is 9.18 Å². The Hall–Kier alpha value is -2.87. The third-order valence-electron chi connectivity index (χ3n) is 3.72. The first-order valence-corrected chi connectivity index (χ1v) is 8.83. The van der Waals surface area contributed by atoms with Crippen molar-refractivity contribution < 1.29 is 9.18 Å². The normalized spacial score (nSPS) is 12.0. The highest BCUT2D eigenvalue weighted by molar-refractivity contribution is 8.00. The number of carbonyl (C=O) groups excluding carboxylic acids is 1. The van der Waals surface area contributed by atoms with Gasteiger partial charge in [-0.05, 0) is 43.7 Å². The van der Waals surface area contributed by atoms with Gasteiger partial charge < -0.3 is 11.2 Å². The first-order chi connectivity index (χ1) is 12.5. The molecule has 1 aromatic heterocycles. The van der Waals surface area contributed by atoms with Gasteiger partial charge in [-0.1, -0.05) is 36.0 Å². The van der Waals surface area contributed by atoms with Crippen molar-refractivity contribution >= 4 is 23.4 Å². The van der Waals surface area contributed by atoms with Crippen molar-refractivity contribution in [1.82, 2.24) is 14.9 Å². The summed E-state index contributed by atoms with van der Waals surface area (Å²) >= 11 is 1.15. The number of aromatic nitrogens is 3. The van der Waals surface area contributed by atoms with E-state index in [2.05, 4.69) is 15.5 Å². The molecule has 3 N–H and O–H groups in total. The molecule has 0 saturated carbocycles. The molecule has 2 aromatic carbocycles. The summed E-state index contributed by atoms with van der Waals surface area (Å²) < 4.78 is 15.1. The third-order valence-corrected chi connectivity index (χ3v) is 4.77. The van der Waals surface area contributed by atoms with Crippen molar-refractivity contribution in [1.29, 1.82) is 0 Å². The maximum Gasteiger partial charge on any atom is 0.237 e. The molecule has 3 rings (SSSR count). The van der Waals surface area contributed by atoms with Crippen LogP contribution in [0.5, 0.6) is 0 Å². The van der Waals surface area contributed by atoms with Crippen LogP contribution < -0.4 is 11.2 Å². The van der Waals surface area contributed by atoms with E-state index in [1.165, 1.54) is 10.7 Å². The van der Waals surface area contributed by atoms with E-state index in [0.29, 0.717) is 5.16 Å². The molecule has 0 aliphatic heterocycles. The lowest BCUT2D eigenvalue weighted by Gasteiger charge is -2.12. The Labute approximate surface area is 154 Å². The number of hydrogen-bond donors (Lipinski definition) is 2. The molecular formula is C18H18FN5OS. The zero-order valence-electron chi connectivity index (χ0n) is 14.3. The van der Waals surface area contributed by atoms with Gasteiger partial charge in [-0.15, -0.1) is 10.2 Å². The van der Waals surface area contributed by atoms with Crippen LogP contribution in [0, 0.1) is 12.7 Å². The second-order valence-corrected chi connectivity index (χ2v) is 7.08. The first kappa shape index (κ1) is 17.9. The fraction of sp³-hybridized carbons (Fsp3) is 0.167. The number of nitrogens with zero attached hydrogens (tertiary/aromatic N) is 3. The Morgan fingerprint density at radius 3 is 2.73 bits per heavy atom. The highest BCUT2D eigenvalue weighted by Gasteiger charge is 2.21. The maximum atomic E-state index is 13.9. The summed E-state index contributed by atoms with van der Waals surface area (Å²) in [6.07, 6.45) is 0. The number of nitrogens with two attached hydrogens (primary N) is 1. The van der Waals surface area contributed by atoms with Crippen molar-refractivity contribution in [3.8, 4) is 11.4 Å². The summed E-state index contributed by atoms with van der Waals surface area (Å²) in [5, 5.41) is 10.6. The average Bonchev–Trinajstić information content (AvgIpc) is 2.96. The fourth-order valence-electron chi connectivity index (χ4n) is 2.36. The molecule has 0 spiro atoms. The largest absolute Gasteiger partial charge is 0.335 e. The number of amides is 1. The minimum atomic E-state index is -0.463. The van der Waals surface area contributed by atoms with Gasteiger partial charge in [-0.2, -0.15) is 0 Å². The number of rotatable bonds is 5. The smallest absolute Gasteiger partial charge is 0.237 e. The van der Waals surface area contributed by atoms with Crippen molar-refractivity contribution in [3.05, 3.63) is 59.9 Å². The first-order valence-electron chi connectivity index (χ1n) is 7.95. The molecule has 6 nitrogen and oxygen atoms in total. The molecule has 0 bridgehead atoms. The minimum Gasteiger partial charge on any atom is -0.335 e. The third kappa shape index (κ3) is 3.85. The number of anilines is 1. The SMILES string of the molecule is Cc1cccc(NC(=O)C(C)Sc2nnc(-c3ccccc3F)n2N)c1. The summed E-state index contributed by atoms with van der Waals surface area (Å²) in [6, 6.07) is 13.7. The van der Waals surface area contributed by atoms with Crippen LogP contribution in [-0.2, 0) is 4.79 Å². The Balaban J connectivity index is 1.73. The molecule has 0 saturated heterocycles. The number of benzene rings is 2. The van der Waals surface area contributed by atoms with Gasteiger partial charge in [0.2, 0.25) is 11.1 Å². The highest BCUT2D eigenvalue weighted by Crippen LogP contribution is 2.26. The van der Waals surface area contributed by atoms with Crippen molar-refractivity contribution in [3.63, 3.8) is 0 Å². The summed E-state index contributed by atoms with van der Waals surface area (Å²) in [6.45, 7) is 3.70. The molecule has 1 amide bonds. The van der Waals surface area contributed by atoms with E-state index in [0.717, 1.165) is 23.0 Å². The molecule has 134 valence electrons. The highest BCUT2D eigenvalue weighted by atomic mass is 32.2. The topological polar surface area (TPSA) is 85.8 Å². The van der Waals surface area contributed by atoms with Gasteiger partial charge in [0.25, 0.3) is 0 Å². The van der Waals surface area contributed by atoms with E-state index in [-0.39, 0.29) is 17.3 Å². The number of carbonyl (C=O) groups is 1. The van der Waals surface area contributed by atoms with Crippen LogP contribution in [0.2, 0.25) is 0 Å². The number of aryl methyl sites for hydroxylation is 1. The van der Waals surface area contributed by atoms with Crippen LogP contribution in [0.4, 0.5) is 10.1 Å². The lowest BCUT2D eigenvalue weighted by Crippen LogP contribution is -2.23. The molecular weight excluding hydrogens is 353 g/mol. The quantitative estimate of drug-likeness (QED) is 0.531. The standard InChI is InChI=1S/C18H18FN5OS/c1-11-6-5-7-13(10-11)21-17(25)12(2)26-18-23-22-16(24(18)20)14-8-3-4-9-15(14)19/h3-10,12H,20H2,1-2H3,(H,21,25). The van der Waals surface area contributed by atoms with Crippen LogP contribution in [0.25, 0.3) is 11.4 Å². The average molecular weight is 371 g/mol. The van der Waals surface area contributed by atoms with Crippen LogP contribution >= 0.6 is 11.8 Å². The lowest BCUT2D eigenvalue weighted by atomic mass is 10.2. The molecule has 3 aromatic rings. The molecule has 1 unspecified atom stereocenters. The monoisotopic (exact) mass is 371 g/mol. The number of nitrogen functional groups attached to an aromatic ring is 1. The molecule has 26 heavy (non-hydrogen) atoms. The van der Waals surface area contributed by atoms with Crippen molar-refractivity contribution in [2.24, 2.45) is 0 Å². The molecule has 8 heteroatoms. The van der Waals surface area contributed by atoms with Gasteiger partial charge in [0.15, 0.2) is 5.82 Å². The molecule has 0 aliphatic carbocycles. The fourth-order valence-corrected chi connectivity index (χ4v) is 3.13. The van der Waals surface area contributed by atoms with Gasteiger partial charge in [0.1, 0.15) is 5.82 Å². The zero-order valence-corrected chi connectivity index (χ0v) is 15.1. The molecule has 1 heterocycles. The van der Waals surface area contributed by atoms with Crippen LogP contribution in [0.15, 0.2) is 53.7 Å². The number of halogens is 1. The van der Waals surface area contributed by atoms with E-state index in [1.807, 2.05) is 31.2 Å². The van der Waals surface area contributed by atoms with E-state index < -0.39 is 11.1 Å². The predicted molar refractivity (Wildman–Crippen MR) is 101 cm³/mol. The number of nitrogens with one attached hydrogen (secondary N) is 1. The number of hydrogen-bond acceptors (Lipinski definition) is 5. The minimum absolute atomic E-state index is 0.184. The summed E-state index contributed by atoms with van der Waals surface area (Å²) in [4.78, 5) is 12.4. The van der Waals surface area contributed by atoms with Crippen molar-refractivity contribution in [2.75, 3.05) is 11.2 Å². The van der Waals surface area contributed by atoms with Gasteiger partial charge in [-0.3, -0.25) is 4.79 Å². The Morgan fingerprint density at radius 2 is 2.00 bits per heavy atom. The second-order valence-electron chi connectivity index (χ2n) is 5.77. The summed E-state index contributed by atoms with van der Waals surface area (Å²) in [5.74, 6) is 5.58. The molecule has 0 fully saturated rings. The Kier molecular flexibility index (Phi) is 5.22. The van der Waals surface area contributed by atoms with Gasteiger partial charge in [0, 0.05) is 5.69 Å². The van der Waals surface area contributed by atoms with E-state index >= 15 is 0 Å². The predicted octanol–water partition coefficient (Wildman–Crippen LogP) is 3.23. The zero-order chi connectivity index (χ0) is 18.7. The maximum absolute atomic E-state index is 13.9. The Morgan fingerprint density at radius 1 is 1.23 bits per heavy atom. The second kappa shape index (κ2) is 7.57.